The Kier molecular flexibility index (Phi) is 7.25. The highest BCUT2D eigenvalue weighted by Gasteiger charge is 2.37. The number of hydrogen-bond acceptors (Lipinski definition) is 3. The maximum absolute atomic E-state index is 13.4. The molecule has 0 radical (unpaired) electrons. The number of rotatable bonds is 5. The molecule has 1 aliphatic carbocycles. The second kappa shape index (κ2) is 10.3. The lowest BCUT2D eigenvalue weighted by atomic mass is 9.87. The van der Waals surface area contributed by atoms with E-state index in [-0.39, 0.29) is 23.7 Å². The Bertz CT molecular complexity index is 761. The summed E-state index contributed by atoms with van der Waals surface area (Å²) in [4.78, 5) is 43.0. The number of piperidine rings is 2. The first-order chi connectivity index (χ1) is 15.1. The van der Waals surface area contributed by atoms with Crippen molar-refractivity contribution in [3.8, 4) is 0 Å². The van der Waals surface area contributed by atoms with Gasteiger partial charge in [-0.05, 0) is 63.0 Å². The summed E-state index contributed by atoms with van der Waals surface area (Å²) in [5.41, 5.74) is 0.577. The highest BCUT2D eigenvalue weighted by molar-refractivity contribution is 5.97. The van der Waals surface area contributed by atoms with Gasteiger partial charge < -0.3 is 15.1 Å². The minimum Gasteiger partial charge on any atom is -0.342 e. The van der Waals surface area contributed by atoms with E-state index in [0.29, 0.717) is 24.6 Å². The van der Waals surface area contributed by atoms with Crippen LogP contribution < -0.4 is 5.32 Å². The lowest BCUT2D eigenvalue weighted by Gasteiger charge is -2.39. The van der Waals surface area contributed by atoms with E-state index in [4.69, 9.17) is 0 Å². The highest BCUT2D eigenvalue weighted by atomic mass is 16.2. The Morgan fingerprint density at radius 2 is 1.42 bits per heavy atom. The molecule has 0 aromatic heterocycles. The number of carbonyl (C=O) groups excluding carboxylic acids is 3. The normalized spacial score (nSPS) is 21.7. The van der Waals surface area contributed by atoms with E-state index in [1.807, 2.05) is 28.0 Å². The summed E-state index contributed by atoms with van der Waals surface area (Å²) in [6.45, 7) is 2.92. The van der Waals surface area contributed by atoms with Crippen LogP contribution in [-0.2, 0) is 9.59 Å². The molecule has 2 saturated heterocycles. The molecule has 3 aliphatic rings. The predicted molar refractivity (Wildman–Crippen MR) is 119 cm³/mol. The topological polar surface area (TPSA) is 69.7 Å². The van der Waals surface area contributed by atoms with E-state index in [1.165, 1.54) is 0 Å². The van der Waals surface area contributed by atoms with Crippen molar-refractivity contribution in [3.05, 3.63) is 35.9 Å². The van der Waals surface area contributed by atoms with Gasteiger partial charge in [-0.25, -0.2) is 0 Å². The van der Waals surface area contributed by atoms with E-state index in [2.05, 4.69) is 5.32 Å². The fourth-order valence-corrected chi connectivity index (χ4v) is 5.39. The molecule has 1 saturated carbocycles. The summed E-state index contributed by atoms with van der Waals surface area (Å²) >= 11 is 0. The standard InChI is InChI=1S/C25H35N3O3/c29-23(20-9-3-1-4-10-20)26-22(25(31)27-15-7-2-8-16-27)19-13-17-28(18-14-19)24(30)21-11-5-6-12-21/h1,3-4,9-10,19,21-22H,2,5-8,11-18H2,(H,26,29). The second-order valence-corrected chi connectivity index (χ2v) is 9.35. The van der Waals surface area contributed by atoms with Crippen molar-refractivity contribution >= 4 is 17.7 Å². The van der Waals surface area contributed by atoms with E-state index in [9.17, 15) is 14.4 Å². The van der Waals surface area contributed by atoms with Crippen molar-refractivity contribution in [1.29, 1.82) is 0 Å². The van der Waals surface area contributed by atoms with Crippen molar-refractivity contribution in [1.82, 2.24) is 15.1 Å². The van der Waals surface area contributed by atoms with Crippen LogP contribution in [0.25, 0.3) is 0 Å². The lowest BCUT2D eigenvalue weighted by molar-refractivity contribution is -0.138. The van der Waals surface area contributed by atoms with Gasteiger partial charge in [0, 0.05) is 37.7 Å². The van der Waals surface area contributed by atoms with Crippen molar-refractivity contribution in [2.45, 2.75) is 63.8 Å². The number of amides is 3. The fourth-order valence-electron chi connectivity index (χ4n) is 5.39. The van der Waals surface area contributed by atoms with Crippen LogP contribution in [0.3, 0.4) is 0 Å². The second-order valence-electron chi connectivity index (χ2n) is 9.35. The van der Waals surface area contributed by atoms with Crippen molar-refractivity contribution in [2.75, 3.05) is 26.2 Å². The summed E-state index contributed by atoms with van der Waals surface area (Å²) < 4.78 is 0. The van der Waals surface area contributed by atoms with E-state index in [0.717, 1.165) is 70.9 Å². The van der Waals surface area contributed by atoms with Gasteiger partial charge in [-0.1, -0.05) is 31.0 Å². The number of nitrogens with one attached hydrogen (secondary N) is 1. The van der Waals surface area contributed by atoms with Crippen LogP contribution in [0, 0.1) is 11.8 Å². The van der Waals surface area contributed by atoms with Gasteiger partial charge in [0.15, 0.2) is 0 Å². The number of nitrogens with zero attached hydrogens (tertiary/aromatic N) is 2. The molecule has 1 aromatic rings. The third-order valence-electron chi connectivity index (χ3n) is 7.28. The molecule has 2 aliphatic heterocycles. The molecule has 3 amide bonds. The molecular formula is C25H35N3O3. The third kappa shape index (κ3) is 5.28. The number of carbonyl (C=O) groups is 3. The largest absolute Gasteiger partial charge is 0.342 e. The van der Waals surface area contributed by atoms with Crippen LogP contribution in [0.15, 0.2) is 30.3 Å². The Morgan fingerprint density at radius 3 is 2.06 bits per heavy atom. The van der Waals surface area contributed by atoms with Crippen LogP contribution >= 0.6 is 0 Å². The molecule has 1 N–H and O–H groups in total. The molecule has 0 spiro atoms. The van der Waals surface area contributed by atoms with Crippen LogP contribution in [0.1, 0.15) is 68.1 Å². The molecule has 3 fully saturated rings. The van der Waals surface area contributed by atoms with Crippen LogP contribution in [-0.4, -0.2) is 59.7 Å². The zero-order valence-corrected chi connectivity index (χ0v) is 18.4. The van der Waals surface area contributed by atoms with Crippen molar-refractivity contribution in [3.63, 3.8) is 0 Å². The van der Waals surface area contributed by atoms with E-state index < -0.39 is 6.04 Å². The monoisotopic (exact) mass is 425 g/mol. The minimum absolute atomic E-state index is 0.0459. The quantitative estimate of drug-likeness (QED) is 0.787. The molecular weight excluding hydrogens is 390 g/mol. The molecule has 6 nitrogen and oxygen atoms in total. The Labute approximate surface area is 185 Å². The van der Waals surface area contributed by atoms with Crippen LogP contribution in [0.4, 0.5) is 0 Å². The first kappa shape index (κ1) is 21.8. The third-order valence-corrected chi connectivity index (χ3v) is 7.28. The van der Waals surface area contributed by atoms with Crippen molar-refractivity contribution < 1.29 is 14.4 Å². The highest BCUT2D eigenvalue weighted by Crippen LogP contribution is 2.30. The smallest absolute Gasteiger partial charge is 0.251 e. The first-order valence-corrected chi connectivity index (χ1v) is 12.1. The Morgan fingerprint density at radius 1 is 0.774 bits per heavy atom. The molecule has 1 unspecified atom stereocenters. The maximum atomic E-state index is 13.4. The van der Waals surface area contributed by atoms with E-state index in [1.54, 1.807) is 12.1 Å². The number of benzene rings is 1. The molecule has 6 heteroatoms. The average molecular weight is 426 g/mol. The fraction of sp³-hybridized carbons (Fsp3) is 0.640. The summed E-state index contributed by atoms with van der Waals surface area (Å²) in [6.07, 6.45) is 9.08. The van der Waals surface area contributed by atoms with Gasteiger partial charge in [-0.2, -0.15) is 0 Å². The summed E-state index contributed by atoms with van der Waals surface area (Å²) in [6, 6.07) is 8.59. The molecule has 168 valence electrons. The van der Waals surface area contributed by atoms with Gasteiger partial charge in [-0.3, -0.25) is 14.4 Å². The Balaban J connectivity index is 1.43. The number of hydrogen-bond donors (Lipinski definition) is 1. The summed E-state index contributed by atoms with van der Waals surface area (Å²) in [5.74, 6) is 0.406. The zero-order valence-electron chi connectivity index (χ0n) is 18.4. The van der Waals surface area contributed by atoms with Gasteiger partial charge in [0.25, 0.3) is 5.91 Å². The number of likely N-dealkylation sites (tertiary alicyclic amines) is 2. The maximum Gasteiger partial charge on any atom is 0.251 e. The van der Waals surface area contributed by atoms with Gasteiger partial charge in [0.05, 0.1) is 0 Å². The van der Waals surface area contributed by atoms with Crippen molar-refractivity contribution in [2.24, 2.45) is 11.8 Å². The Hall–Kier alpha value is -2.37. The average Bonchev–Trinajstić information content (AvgIpc) is 3.38. The molecule has 1 aromatic carbocycles. The first-order valence-electron chi connectivity index (χ1n) is 12.1. The molecule has 0 bridgehead atoms. The minimum atomic E-state index is -0.519. The zero-order chi connectivity index (χ0) is 21.6. The summed E-state index contributed by atoms with van der Waals surface area (Å²) in [5, 5.41) is 3.07. The molecule has 2 heterocycles. The van der Waals surface area contributed by atoms with Crippen LogP contribution in [0.2, 0.25) is 0 Å². The van der Waals surface area contributed by atoms with Gasteiger partial charge in [0.2, 0.25) is 11.8 Å². The van der Waals surface area contributed by atoms with Gasteiger partial charge >= 0.3 is 0 Å². The van der Waals surface area contributed by atoms with Crippen LogP contribution in [0.5, 0.6) is 0 Å². The SMILES string of the molecule is O=C(NC(C(=O)N1CCCCC1)C1CCN(C(=O)C2CCCC2)CC1)c1ccccc1. The van der Waals surface area contributed by atoms with Gasteiger partial charge in [0.1, 0.15) is 6.04 Å². The molecule has 1 atom stereocenters. The van der Waals surface area contributed by atoms with E-state index >= 15 is 0 Å². The molecule has 4 rings (SSSR count). The predicted octanol–water partition coefficient (Wildman–Crippen LogP) is 3.23. The lowest BCUT2D eigenvalue weighted by Crippen LogP contribution is -2.55. The van der Waals surface area contributed by atoms with Gasteiger partial charge in [-0.15, -0.1) is 0 Å². The molecule has 31 heavy (non-hydrogen) atoms. The summed E-state index contributed by atoms with van der Waals surface area (Å²) in [7, 11) is 0.